The Hall–Kier alpha value is -3.53. The minimum Gasteiger partial charge on any atom is -0.478 e. The molecule has 3 aromatic rings. The highest BCUT2D eigenvalue weighted by atomic mass is 35.5. The SMILES string of the molecule is CCC(Sc1cccc(NC(=O)c2ccc(C(=O)O)cc2C(=O)O)c1)C(=O)Nc1ccc(Cl)c(Cl)c1. The van der Waals surface area contributed by atoms with Crippen molar-refractivity contribution in [3.8, 4) is 0 Å². The topological polar surface area (TPSA) is 133 Å². The molecule has 0 aromatic heterocycles. The Morgan fingerprint density at radius 3 is 2.19 bits per heavy atom. The van der Waals surface area contributed by atoms with Crippen LogP contribution in [0.4, 0.5) is 11.4 Å². The lowest BCUT2D eigenvalue weighted by Crippen LogP contribution is -2.24. The number of aromatic carboxylic acids is 2. The molecule has 4 N–H and O–H groups in total. The summed E-state index contributed by atoms with van der Waals surface area (Å²) in [7, 11) is 0. The van der Waals surface area contributed by atoms with Crippen molar-refractivity contribution in [2.24, 2.45) is 0 Å². The van der Waals surface area contributed by atoms with Crippen LogP contribution in [0.1, 0.15) is 44.4 Å². The van der Waals surface area contributed by atoms with Gasteiger partial charge in [-0.05, 0) is 61.0 Å². The van der Waals surface area contributed by atoms with E-state index in [0.29, 0.717) is 32.7 Å². The molecular formula is C25H20Cl2N2O6S. The van der Waals surface area contributed by atoms with Crippen LogP contribution in [-0.4, -0.2) is 39.2 Å². The lowest BCUT2D eigenvalue weighted by Gasteiger charge is -2.16. The Labute approximate surface area is 220 Å². The molecule has 36 heavy (non-hydrogen) atoms. The summed E-state index contributed by atoms with van der Waals surface area (Å²) >= 11 is 13.2. The van der Waals surface area contributed by atoms with Crippen LogP contribution in [0.15, 0.2) is 65.6 Å². The predicted molar refractivity (Wildman–Crippen MR) is 140 cm³/mol. The van der Waals surface area contributed by atoms with Crippen molar-refractivity contribution < 1.29 is 29.4 Å². The van der Waals surface area contributed by atoms with E-state index in [2.05, 4.69) is 10.6 Å². The van der Waals surface area contributed by atoms with Crippen molar-refractivity contribution in [3.63, 3.8) is 0 Å². The molecule has 0 aliphatic rings. The van der Waals surface area contributed by atoms with Crippen LogP contribution in [0.25, 0.3) is 0 Å². The Bertz CT molecular complexity index is 1350. The molecule has 0 aliphatic carbocycles. The van der Waals surface area contributed by atoms with Crippen LogP contribution < -0.4 is 10.6 Å². The average Bonchev–Trinajstić information content (AvgIpc) is 2.84. The second-order valence-electron chi connectivity index (χ2n) is 7.49. The smallest absolute Gasteiger partial charge is 0.336 e. The van der Waals surface area contributed by atoms with Crippen molar-refractivity contribution >= 4 is 70.1 Å². The molecule has 11 heteroatoms. The number of nitrogens with one attached hydrogen (secondary N) is 2. The van der Waals surface area contributed by atoms with E-state index in [9.17, 15) is 24.3 Å². The standard InChI is InChI=1S/C25H20Cl2N2O6S/c1-2-21(23(31)29-15-7-9-19(26)20(27)12-15)36-16-5-3-4-14(11-16)28-22(30)17-8-6-13(24(32)33)10-18(17)25(34)35/h3-12,21H,2H2,1H3,(H,28,30)(H,29,31)(H,32,33)(H,34,35). The van der Waals surface area contributed by atoms with Gasteiger partial charge in [-0.15, -0.1) is 11.8 Å². The van der Waals surface area contributed by atoms with E-state index in [4.69, 9.17) is 28.3 Å². The molecule has 3 rings (SSSR count). The van der Waals surface area contributed by atoms with E-state index < -0.39 is 28.7 Å². The lowest BCUT2D eigenvalue weighted by atomic mass is 10.0. The highest BCUT2D eigenvalue weighted by Gasteiger charge is 2.21. The van der Waals surface area contributed by atoms with Gasteiger partial charge in [0.1, 0.15) is 0 Å². The van der Waals surface area contributed by atoms with E-state index in [1.54, 1.807) is 42.5 Å². The fourth-order valence-corrected chi connectivity index (χ4v) is 4.49. The third-order valence-electron chi connectivity index (χ3n) is 4.96. The van der Waals surface area contributed by atoms with Crippen molar-refractivity contribution in [1.29, 1.82) is 0 Å². The molecule has 1 atom stereocenters. The monoisotopic (exact) mass is 546 g/mol. The molecule has 0 bridgehead atoms. The number of amides is 2. The van der Waals surface area contributed by atoms with Gasteiger partial charge in [0.15, 0.2) is 0 Å². The first-order chi connectivity index (χ1) is 17.1. The summed E-state index contributed by atoms with van der Waals surface area (Å²) in [5.41, 5.74) is 0.0362. The number of thioether (sulfide) groups is 1. The summed E-state index contributed by atoms with van der Waals surface area (Å²) in [6.45, 7) is 1.87. The zero-order valence-electron chi connectivity index (χ0n) is 18.7. The van der Waals surface area contributed by atoms with Crippen LogP contribution in [0.5, 0.6) is 0 Å². The molecule has 3 aromatic carbocycles. The number of rotatable bonds is 9. The highest BCUT2D eigenvalue weighted by Crippen LogP contribution is 2.30. The Morgan fingerprint density at radius 1 is 0.833 bits per heavy atom. The van der Waals surface area contributed by atoms with E-state index in [1.807, 2.05) is 6.92 Å². The predicted octanol–water partition coefficient (Wildman–Crippen LogP) is 6.15. The second-order valence-corrected chi connectivity index (χ2v) is 9.58. The van der Waals surface area contributed by atoms with E-state index in [-0.39, 0.29) is 17.0 Å². The van der Waals surface area contributed by atoms with Crippen LogP contribution >= 0.6 is 35.0 Å². The first kappa shape index (κ1) is 27.1. The number of benzene rings is 3. The number of hydrogen-bond acceptors (Lipinski definition) is 5. The van der Waals surface area contributed by atoms with E-state index in [0.717, 1.165) is 18.2 Å². The van der Waals surface area contributed by atoms with Gasteiger partial charge >= 0.3 is 11.9 Å². The van der Waals surface area contributed by atoms with Gasteiger partial charge in [0.2, 0.25) is 5.91 Å². The molecule has 0 spiro atoms. The second kappa shape index (κ2) is 11.9. The minimum absolute atomic E-state index is 0.182. The van der Waals surface area contributed by atoms with Crippen molar-refractivity contribution in [2.45, 2.75) is 23.5 Å². The molecule has 0 saturated heterocycles. The van der Waals surface area contributed by atoms with Crippen molar-refractivity contribution in [2.75, 3.05) is 10.6 Å². The summed E-state index contributed by atoms with van der Waals surface area (Å²) < 4.78 is 0. The number of carboxylic acid groups (broad SMARTS) is 2. The van der Waals surface area contributed by atoms with Gasteiger partial charge in [0.05, 0.1) is 32.0 Å². The van der Waals surface area contributed by atoms with E-state index >= 15 is 0 Å². The van der Waals surface area contributed by atoms with Gasteiger partial charge in [-0.2, -0.15) is 0 Å². The summed E-state index contributed by atoms with van der Waals surface area (Å²) in [5, 5.41) is 24.2. The van der Waals surface area contributed by atoms with Gasteiger partial charge in [0.25, 0.3) is 5.91 Å². The third kappa shape index (κ3) is 6.78. The average molecular weight is 547 g/mol. The van der Waals surface area contributed by atoms with Crippen LogP contribution in [-0.2, 0) is 4.79 Å². The molecule has 1 unspecified atom stereocenters. The number of hydrogen-bond donors (Lipinski definition) is 4. The van der Waals surface area contributed by atoms with Gasteiger partial charge in [-0.3, -0.25) is 9.59 Å². The van der Waals surface area contributed by atoms with Crippen molar-refractivity contribution in [3.05, 3.63) is 87.4 Å². The Balaban J connectivity index is 1.74. The lowest BCUT2D eigenvalue weighted by molar-refractivity contribution is -0.115. The Kier molecular flexibility index (Phi) is 8.98. The van der Waals surface area contributed by atoms with Gasteiger partial charge in [-0.25, -0.2) is 9.59 Å². The summed E-state index contributed by atoms with van der Waals surface area (Å²) in [6.07, 6.45) is 0.520. The molecule has 186 valence electrons. The number of carbonyl (C=O) groups excluding carboxylic acids is 2. The van der Waals surface area contributed by atoms with E-state index in [1.165, 1.54) is 11.8 Å². The largest absolute Gasteiger partial charge is 0.478 e. The zero-order chi connectivity index (χ0) is 26.4. The molecular weight excluding hydrogens is 527 g/mol. The highest BCUT2D eigenvalue weighted by molar-refractivity contribution is 8.00. The normalized spacial score (nSPS) is 11.4. The van der Waals surface area contributed by atoms with Crippen molar-refractivity contribution in [1.82, 2.24) is 0 Å². The molecule has 8 nitrogen and oxygen atoms in total. The fourth-order valence-electron chi connectivity index (χ4n) is 3.18. The molecule has 0 aliphatic heterocycles. The Morgan fingerprint density at radius 2 is 1.56 bits per heavy atom. The molecule has 2 amide bonds. The fraction of sp³-hybridized carbons (Fsp3) is 0.120. The summed E-state index contributed by atoms with van der Waals surface area (Å²) in [5.74, 6) is -3.68. The number of carboxylic acids is 2. The summed E-state index contributed by atoms with van der Waals surface area (Å²) in [4.78, 5) is 49.0. The quantitative estimate of drug-likeness (QED) is 0.236. The minimum atomic E-state index is -1.42. The molecule has 0 radical (unpaired) electrons. The maximum absolute atomic E-state index is 12.8. The van der Waals surface area contributed by atoms with Gasteiger partial charge in [-0.1, -0.05) is 36.2 Å². The van der Waals surface area contributed by atoms with Gasteiger partial charge < -0.3 is 20.8 Å². The number of anilines is 2. The molecule has 0 saturated carbocycles. The first-order valence-corrected chi connectivity index (χ1v) is 12.2. The zero-order valence-corrected chi connectivity index (χ0v) is 21.1. The molecule has 0 heterocycles. The maximum atomic E-state index is 12.8. The summed E-state index contributed by atoms with van der Waals surface area (Å²) in [6, 6.07) is 14.8. The first-order valence-electron chi connectivity index (χ1n) is 10.5. The third-order valence-corrected chi connectivity index (χ3v) is 7.06. The van der Waals surface area contributed by atoms with Crippen LogP contribution in [0, 0.1) is 0 Å². The van der Waals surface area contributed by atoms with Gasteiger partial charge in [0, 0.05) is 16.3 Å². The maximum Gasteiger partial charge on any atom is 0.336 e. The number of carbonyl (C=O) groups is 4. The molecule has 0 fully saturated rings. The van der Waals surface area contributed by atoms with Crippen LogP contribution in [0.3, 0.4) is 0 Å². The number of halogens is 2. The van der Waals surface area contributed by atoms with Crippen LogP contribution in [0.2, 0.25) is 10.0 Å².